The first kappa shape index (κ1) is 18.9. The number of carbonyl (C=O) groups excluding carboxylic acids is 2. The molecule has 8 nitrogen and oxygen atoms in total. The molecule has 1 aliphatic heterocycles. The molecule has 3 aromatic rings. The number of anilines is 2. The van der Waals surface area contributed by atoms with Crippen molar-refractivity contribution in [3.63, 3.8) is 0 Å². The van der Waals surface area contributed by atoms with Crippen LogP contribution in [0, 0.1) is 0 Å². The van der Waals surface area contributed by atoms with E-state index in [4.69, 9.17) is 0 Å². The van der Waals surface area contributed by atoms with Gasteiger partial charge in [0.1, 0.15) is 6.54 Å². The minimum Gasteiger partial charge on any atom is -0.323 e. The molecule has 0 radical (unpaired) electrons. The number of thioether (sulfide) groups is 1. The first-order valence-corrected chi connectivity index (χ1v) is 9.92. The van der Waals surface area contributed by atoms with Crippen molar-refractivity contribution >= 4 is 35.0 Å². The highest BCUT2D eigenvalue weighted by Gasteiger charge is 2.27. The predicted octanol–water partition coefficient (Wildman–Crippen LogP) is 2.60. The fourth-order valence-corrected chi connectivity index (χ4v) is 3.89. The normalized spacial score (nSPS) is 13.0. The predicted molar refractivity (Wildman–Crippen MR) is 112 cm³/mol. The van der Waals surface area contributed by atoms with Crippen molar-refractivity contribution in [1.82, 2.24) is 19.7 Å². The zero-order valence-electron chi connectivity index (χ0n) is 15.5. The van der Waals surface area contributed by atoms with Gasteiger partial charge >= 0.3 is 0 Å². The van der Waals surface area contributed by atoms with Crippen LogP contribution in [-0.4, -0.2) is 43.9 Å². The van der Waals surface area contributed by atoms with E-state index in [0.29, 0.717) is 28.9 Å². The molecule has 0 spiro atoms. The van der Waals surface area contributed by atoms with E-state index in [0.717, 1.165) is 5.56 Å². The molecule has 0 saturated heterocycles. The second-order valence-corrected chi connectivity index (χ2v) is 7.22. The monoisotopic (exact) mass is 406 g/mol. The molecule has 3 heterocycles. The Morgan fingerprint density at radius 1 is 1.21 bits per heavy atom. The summed E-state index contributed by atoms with van der Waals surface area (Å²) < 4.78 is 1.90. The molecule has 2 amide bonds. The zero-order chi connectivity index (χ0) is 20.2. The molecule has 0 bridgehead atoms. The number of aromatic nitrogens is 4. The molecule has 0 atom stereocenters. The van der Waals surface area contributed by atoms with E-state index >= 15 is 0 Å². The lowest BCUT2D eigenvalue weighted by atomic mass is 10.2. The summed E-state index contributed by atoms with van der Waals surface area (Å²) in [7, 11) is 0. The van der Waals surface area contributed by atoms with E-state index in [-0.39, 0.29) is 24.1 Å². The summed E-state index contributed by atoms with van der Waals surface area (Å²) in [6.45, 7) is 4.30. The van der Waals surface area contributed by atoms with Crippen LogP contribution < -0.4 is 10.2 Å². The quantitative estimate of drug-likeness (QED) is 0.500. The molecule has 9 heteroatoms. The molecule has 1 aliphatic rings. The van der Waals surface area contributed by atoms with Crippen LogP contribution in [0.5, 0.6) is 0 Å². The maximum Gasteiger partial charge on any atom is 0.244 e. The smallest absolute Gasteiger partial charge is 0.244 e. The molecule has 1 aromatic carbocycles. The highest BCUT2D eigenvalue weighted by Crippen LogP contribution is 2.30. The SMILES string of the molecule is C=CCn1c(SCC(=O)N2CC(=O)Nc3ccccc32)nnc1-c1ccncc1. The summed E-state index contributed by atoms with van der Waals surface area (Å²) in [6.07, 6.45) is 5.14. The van der Waals surface area contributed by atoms with Crippen LogP contribution in [0.3, 0.4) is 0 Å². The van der Waals surface area contributed by atoms with Gasteiger partial charge < -0.3 is 10.2 Å². The van der Waals surface area contributed by atoms with Gasteiger partial charge in [0, 0.05) is 24.5 Å². The second kappa shape index (κ2) is 8.27. The van der Waals surface area contributed by atoms with Gasteiger partial charge in [-0.05, 0) is 24.3 Å². The van der Waals surface area contributed by atoms with E-state index in [9.17, 15) is 9.59 Å². The number of para-hydroxylation sites is 2. The van der Waals surface area contributed by atoms with Gasteiger partial charge in [-0.1, -0.05) is 30.0 Å². The second-order valence-electron chi connectivity index (χ2n) is 6.28. The van der Waals surface area contributed by atoms with E-state index in [1.54, 1.807) is 24.5 Å². The summed E-state index contributed by atoms with van der Waals surface area (Å²) >= 11 is 1.28. The van der Waals surface area contributed by atoms with Crippen molar-refractivity contribution in [2.24, 2.45) is 0 Å². The minimum absolute atomic E-state index is 0.00196. The average Bonchev–Trinajstić information content (AvgIpc) is 3.15. The summed E-state index contributed by atoms with van der Waals surface area (Å²) in [5, 5.41) is 11.9. The summed E-state index contributed by atoms with van der Waals surface area (Å²) in [5.74, 6) is 0.436. The molecule has 0 saturated carbocycles. The molecule has 146 valence electrons. The molecule has 1 N–H and O–H groups in total. The Hall–Kier alpha value is -3.46. The lowest BCUT2D eigenvalue weighted by Gasteiger charge is -2.29. The Labute approximate surface area is 171 Å². The third kappa shape index (κ3) is 3.90. The molecule has 29 heavy (non-hydrogen) atoms. The Morgan fingerprint density at radius 2 is 2.00 bits per heavy atom. The largest absolute Gasteiger partial charge is 0.323 e. The van der Waals surface area contributed by atoms with Gasteiger partial charge in [-0.2, -0.15) is 0 Å². The van der Waals surface area contributed by atoms with Crippen LogP contribution in [0.2, 0.25) is 0 Å². The van der Waals surface area contributed by atoms with Crippen LogP contribution in [0.4, 0.5) is 11.4 Å². The van der Waals surface area contributed by atoms with Crippen molar-refractivity contribution in [1.29, 1.82) is 0 Å². The van der Waals surface area contributed by atoms with Gasteiger partial charge in [-0.3, -0.25) is 19.1 Å². The van der Waals surface area contributed by atoms with Gasteiger partial charge in [0.2, 0.25) is 11.8 Å². The van der Waals surface area contributed by atoms with E-state index < -0.39 is 0 Å². The average molecular weight is 406 g/mol. The van der Waals surface area contributed by atoms with Crippen LogP contribution in [0.25, 0.3) is 11.4 Å². The van der Waals surface area contributed by atoms with Gasteiger partial charge in [0.05, 0.1) is 17.1 Å². The molecule has 0 unspecified atom stereocenters. The first-order valence-electron chi connectivity index (χ1n) is 8.94. The maximum absolute atomic E-state index is 12.9. The summed E-state index contributed by atoms with van der Waals surface area (Å²) in [6, 6.07) is 11.0. The number of rotatable bonds is 6. The first-order chi connectivity index (χ1) is 14.2. The van der Waals surface area contributed by atoms with Crippen molar-refractivity contribution in [2.45, 2.75) is 11.7 Å². The zero-order valence-corrected chi connectivity index (χ0v) is 16.3. The summed E-state index contributed by atoms with van der Waals surface area (Å²) in [5.41, 5.74) is 2.22. The number of amides is 2. The lowest BCUT2D eigenvalue weighted by Crippen LogP contribution is -2.43. The third-order valence-corrected chi connectivity index (χ3v) is 5.32. The highest BCUT2D eigenvalue weighted by molar-refractivity contribution is 7.99. The molecule has 2 aromatic heterocycles. The molecular formula is C20H18N6O2S. The van der Waals surface area contributed by atoms with Crippen molar-refractivity contribution in [3.8, 4) is 11.4 Å². The molecule has 0 aliphatic carbocycles. The molecule has 4 rings (SSSR count). The summed E-state index contributed by atoms with van der Waals surface area (Å²) in [4.78, 5) is 30.3. The minimum atomic E-state index is -0.211. The van der Waals surface area contributed by atoms with Gasteiger partial charge in [-0.25, -0.2) is 0 Å². The topological polar surface area (TPSA) is 93.0 Å². The number of benzene rings is 1. The van der Waals surface area contributed by atoms with Crippen LogP contribution >= 0.6 is 11.8 Å². The van der Waals surface area contributed by atoms with E-state index in [1.165, 1.54) is 16.7 Å². The highest BCUT2D eigenvalue weighted by atomic mass is 32.2. The third-order valence-electron chi connectivity index (χ3n) is 4.36. The van der Waals surface area contributed by atoms with Crippen LogP contribution in [-0.2, 0) is 16.1 Å². The van der Waals surface area contributed by atoms with Crippen LogP contribution in [0.1, 0.15) is 0 Å². The van der Waals surface area contributed by atoms with E-state index in [2.05, 4.69) is 27.1 Å². The number of carbonyl (C=O) groups is 2. The van der Waals surface area contributed by atoms with E-state index in [1.807, 2.05) is 34.9 Å². The standard InChI is InChI=1S/C20H18N6O2S/c1-2-11-25-19(14-7-9-21-10-8-14)23-24-20(25)29-13-18(28)26-12-17(27)22-15-5-3-4-6-16(15)26/h2-10H,1,11-13H2,(H,22,27). The number of allylic oxidation sites excluding steroid dienone is 1. The Kier molecular flexibility index (Phi) is 5.39. The van der Waals surface area contributed by atoms with Gasteiger partial charge in [0.15, 0.2) is 11.0 Å². The van der Waals surface area contributed by atoms with Crippen molar-refractivity contribution in [3.05, 3.63) is 61.4 Å². The Morgan fingerprint density at radius 3 is 2.79 bits per heavy atom. The lowest BCUT2D eigenvalue weighted by molar-refractivity contribution is -0.120. The number of fused-ring (bicyclic) bond motifs is 1. The number of hydrogen-bond acceptors (Lipinski definition) is 6. The maximum atomic E-state index is 12.9. The van der Waals surface area contributed by atoms with Crippen LogP contribution in [0.15, 0.2) is 66.6 Å². The van der Waals surface area contributed by atoms with Crippen molar-refractivity contribution in [2.75, 3.05) is 22.5 Å². The number of hydrogen-bond donors (Lipinski definition) is 1. The fourth-order valence-electron chi connectivity index (χ4n) is 3.06. The number of nitrogens with one attached hydrogen (secondary N) is 1. The van der Waals surface area contributed by atoms with Gasteiger partial charge in [0.25, 0.3) is 0 Å². The fraction of sp³-hybridized carbons (Fsp3) is 0.150. The van der Waals surface area contributed by atoms with Gasteiger partial charge in [-0.15, -0.1) is 16.8 Å². The Balaban J connectivity index is 1.54. The number of pyridine rings is 1. The number of nitrogens with zero attached hydrogens (tertiary/aromatic N) is 5. The van der Waals surface area contributed by atoms with Crippen molar-refractivity contribution < 1.29 is 9.59 Å². The Bertz CT molecular complexity index is 1070. The molecular weight excluding hydrogens is 388 g/mol. The molecule has 0 fully saturated rings.